The summed E-state index contributed by atoms with van der Waals surface area (Å²) < 4.78 is 45.7. The van der Waals surface area contributed by atoms with Gasteiger partial charge in [0.25, 0.3) is 0 Å². The average molecular weight is 285 g/mol. The zero-order valence-electron chi connectivity index (χ0n) is 10.8. The lowest BCUT2D eigenvalue weighted by Crippen LogP contribution is -2.17. The number of nitrogens with two attached hydrogens (primary N) is 1. The maximum atomic E-state index is 13.2. The number of nitrogens with zero attached hydrogens (tertiary/aromatic N) is 2. The molecule has 4 nitrogen and oxygen atoms in total. The predicted molar refractivity (Wildman–Crippen MR) is 67.9 cm³/mol. The molecule has 0 saturated heterocycles. The van der Waals surface area contributed by atoms with Crippen molar-refractivity contribution in [1.82, 2.24) is 9.78 Å². The molecule has 0 bridgehead atoms. The van der Waals surface area contributed by atoms with Crippen LogP contribution in [0.1, 0.15) is 11.3 Å². The van der Waals surface area contributed by atoms with Crippen molar-refractivity contribution in [2.24, 2.45) is 5.73 Å². The highest BCUT2D eigenvalue weighted by atomic mass is 19.4. The summed E-state index contributed by atoms with van der Waals surface area (Å²) in [5.74, 6) is 0.320. The SMILES string of the molecule is COc1ccccc1-n1ncc(CCN)c1C(F)(F)F. The van der Waals surface area contributed by atoms with E-state index in [1.165, 1.54) is 19.4 Å². The average Bonchev–Trinajstić information content (AvgIpc) is 2.82. The monoisotopic (exact) mass is 285 g/mol. The van der Waals surface area contributed by atoms with E-state index in [1.54, 1.807) is 18.2 Å². The molecule has 0 atom stereocenters. The Morgan fingerprint density at radius 3 is 2.60 bits per heavy atom. The molecular formula is C13H14F3N3O. The summed E-state index contributed by atoms with van der Waals surface area (Å²) in [6.45, 7) is 0.126. The van der Waals surface area contributed by atoms with Crippen molar-refractivity contribution in [1.29, 1.82) is 0 Å². The molecule has 1 aromatic carbocycles. The van der Waals surface area contributed by atoms with Gasteiger partial charge in [-0.2, -0.15) is 18.3 Å². The highest BCUT2D eigenvalue weighted by Crippen LogP contribution is 2.35. The van der Waals surface area contributed by atoms with Gasteiger partial charge in [0, 0.05) is 5.56 Å². The van der Waals surface area contributed by atoms with Gasteiger partial charge in [0.05, 0.1) is 13.3 Å². The van der Waals surface area contributed by atoms with Gasteiger partial charge in [-0.1, -0.05) is 12.1 Å². The largest absolute Gasteiger partial charge is 0.494 e. The van der Waals surface area contributed by atoms with E-state index in [4.69, 9.17) is 10.5 Å². The van der Waals surface area contributed by atoms with Crippen LogP contribution in [-0.4, -0.2) is 23.4 Å². The van der Waals surface area contributed by atoms with Gasteiger partial charge in [-0.05, 0) is 25.1 Å². The van der Waals surface area contributed by atoms with E-state index in [0.717, 1.165) is 4.68 Å². The van der Waals surface area contributed by atoms with Crippen molar-refractivity contribution in [2.75, 3.05) is 13.7 Å². The smallest absolute Gasteiger partial charge is 0.433 e. The summed E-state index contributed by atoms with van der Waals surface area (Å²) in [7, 11) is 1.40. The summed E-state index contributed by atoms with van der Waals surface area (Å²) in [6.07, 6.45) is -3.20. The zero-order chi connectivity index (χ0) is 14.8. The summed E-state index contributed by atoms with van der Waals surface area (Å²) in [5, 5.41) is 3.84. The first-order valence-electron chi connectivity index (χ1n) is 5.96. The first kappa shape index (κ1) is 14.4. The van der Waals surface area contributed by atoms with E-state index >= 15 is 0 Å². The van der Waals surface area contributed by atoms with Crippen molar-refractivity contribution in [3.05, 3.63) is 41.7 Å². The molecule has 2 N–H and O–H groups in total. The lowest BCUT2D eigenvalue weighted by Gasteiger charge is -2.14. The fourth-order valence-corrected chi connectivity index (χ4v) is 2.01. The Hall–Kier alpha value is -2.02. The number of ether oxygens (including phenoxy) is 1. The van der Waals surface area contributed by atoms with Crippen LogP contribution in [0, 0.1) is 0 Å². The highest BCUT2D eigenvalue weighted by Gasteiger charge is 2.38. The fraction of sp³-hybridized carbons (Fsp3) is 0.308. The molecule has 0 aliphatic rings. The minimum atomic E-state index is -4.51. The third-order valence-electron chi connectivity index (χ3n) is 2.84. The normalized spacial score (nSPS) is 11.7. The van der Waals surface area contributed by atoms with Crippen molar-refractivity contribution >= 4 is 0 Å². The number of para-hydroxylation sites is 2. The molecule has 0 amide bonds. The van der Waals surface area contributed by atoms with E-state index in [-0.39, 0.29) is 24.2 Å². The molecular weight excluding hydrogens is 271 g/mol. The number of methoxy groups -OCH3 is 1. The van der Waals surface area contributed by atoms with Crippen LogP contribution < -0.4 is 10.5 Å². The van der Waals surface area contributed by atoms with Crippen molar-refractivity contribution in [3.63, 3.8) is 0 Å². The fourth-order valence-electron chi connectivity index (χ4n) is 2.01. The van der Waals surface area contributed by atoms with Crippen LogP contribution in [-0.2, 0) is 12.6 Å². The number of rotatable bonds is 4. The van der Waals surface area contributed by atoms with Gasteiger partial charge in [-0.3, -0.25) is 0 Å². The second kappa shape index (κ2) is 5.54. The van der Waals surface area contributed by atoms with Gasteiger partial charge in [-0.15, -0.1) is 0 Å². The van der Waals surface area contributed by atoms with Crippen molar-refractivity contribution in [2.45, 2.75) is 12.6 Å². The van der Waals surface area contributed by atoms with Crippen LogP contribution in [0.2, 0.25) is 0 Å². The zero-order valence-corrected chi connectivity index (χ0v) is 10.8. The van der Waals surface area contributed by atoms with Crippen LogP contribution in [0.3, 0.4) is 0 Å². The Labute approximate surface area is 114 Å². The molecule has 7 heteroatoms. The maximum absolute atomic E-state index is 13.2. The Morgan fingerprint density at radius 1 is 1.30 bits per heavy atom. The van der Waals surface area contributed by atoms with Crippen molar-refractivity contribution in [3.8, 4) is 11.4 Å². The quantitative estimate of drug-likeness (QED) is 0.938. The molecule has 20 heavy (non-hydrogen) atoms. The van der Waals surface area contributed by atoms with E-state index in [0.29, 0.717) is 5.75 Å². The molecule has 1 aromatic heterocycles. The lowest BCUT2D eigenvalue weighted by atomic mass is 10.1. The van der Waals surface area contributed by atoms with Gasteiger partial charge in [0.15, 0.2) is 5.69 Å². The minimum Gasteiger partial charge on any atom is -0.494 e. The Morgan fingerprint density at radius 2 is 2.00 bits per heavy atom. The lowest BCUT2D eigenvalue weighted by molar-refractivity contribution is -0.143. The first-order valence-corrected chi connectivity index (χ1v) is 5.96. The van der Waals surface area contributed by atoms with Crippen LogP contribution in [0.15, 0.2) is 30.5 Å². The molecule has 0 aliphatic heterocycles. The summed E-state index contributed by atoms with van der Waals surface area (Å²) in [6, 6.07) is 6.41. The standard InChI is InChI=1S/C13H14F3N3O/c1-20-11-5-3-2-4-10(11)19-12(13(14,15)16)9(6-7-17)8-18-19/h2-5,8H,6-7,17H2,1H3. The molecule has 1 heterocycles. The third-order valence-corrected chi connectivity index (χ3v) is 2.84. The van der Waals surface area contributed by atoms with Gasteiger partial charge >= 0.3 is 6.18 Å². The van der Waals surface area contributed by atoms with Crippen molar-refractivity contribution < 1.29 is 17.9 Å². The molecule has 108 valence electrons. The topological polar surface area (TPSA) is 53.1 Å². The van der Waals surface area contributed by atoms with Crippen LogP contribution in [0.4, 0.5) is 13.2 Å². The molecule has 0 saturated carbocycles. The maximum Gasteiger partial charge on any atom is 0.433 e. The van der Waals surface area contributed by atoms with Gasteiger partial charge in [0.1, 0.15) is 11.4 Å². The third kappa shape index (κ3) is 2.62. The van der Waals surface area contributed by atoms with E-state index < -0.39 is 11.9 Å². The number of hydrogen-bond donors (Lipinski definition) is 1. The second-order valence-corrected chi connectivity index (χ2v) is 4.14. The molecule has 2 rings (SSSR count). The summed E-state index contributed by atoms with van der Waals surface area (Å²) >= 11 is 0. The van der Waals surface area contributed by atoms with E-state index in [2.05, 4.69) is 5.10 Å². The number of halogens is 3. The highest BCUT2D eigenvalue weighted by molar-refractivity contribution is 5.48. The minimum absolute atomic E-state index is 0.0749. The molecule has 2 aromatic rings. The van der Waals surface area contributed by atoms with Crippen LogP contribution in [0.25, 0.3) is 5.69 Å². The molecule has 0 fully saturated rings. The Bertz CT molecular complexity index is 593. The second-order valence-electron chi connectivity index (χ2n) is 4.14. The molecule has 0 aliphatic carbocycles. The van der Waals surface area contributed by atoms with Gasteiger partial charge < -0.3 is 10.5 Å². The Balaban J connectivity index is 2.62. The molecule has 0 radical (unpaired) electrons. The molecule has 0 spiro atoms. The van der Waals surface area contributed by atoms with Crippen LogP contribution in [0.5, 0.6) is 5.75 Å². The summed E-state index contributed by atoms with van der Waals surface area (Å²) in [4.78, 5) is 0. The predicted octanol–water partition coefficient (Wildman–Crippen LogP) is 2.40. The summed E-state index contributed by atoms with van der Waals surface area (Å²) in [5.41, 5.74) is 4.85. The van der Waals surface area contributed by atoms with Gasteiger partial charge in [0.2, 0.25) is 0 Å². The molecule has 0 unspecified atom stereocenters. The van der Waals surface area contributed by atoms with E-state index in [1.807, 2.05) is 0 Å². The van der Waals surface area contributed by atoms with Gasteiger partial charge in [-0.25, -0.2) is 4.68 Å². The van der Waals surface area contributed by atoms with E-state index in [9.17, 15) is 13.2 Å². The Kier molecular flexibility index (Phi) is 3.99. The number of aromatic nitrogens is 2. The first-order chi connectivity index (χ1) is 9.49. The number of alkyl halides is 3. The number of hydrogen-bond acceptors (Lipinski definition) is 3. The van der Waals surface area contributed by atoms with Crippen LogP contribution >= 0.6 is 0 Å². The number of benzene rings is 1.